The highest BCUT2D eigenvalue weighted by atomic mass is 32.1. The highest BCUT2D eigenvalue weighted by Crippen LogP contribution is 2.34. The molecule has 3 aromatic rings. The summed E-state index contributed by atoms with van der Waals surface area (Å²) in [5.41, 5.74) is 0.941. The molecular formula is C25H24F2N2O3S. The summed E-state index contributed by atoms with van der Waals surface area (Å²) >= 11 is 1.63. The van der Waals surface area contributed by atoms with E-state index in [1.807, 2.05) is 11.4 Å². The summed E-state index contributed by atoms with van der Waals surface area (Å²) in [5.74, 6) is -1.40. The van der Waals surface area contributed by atoms with E-state index >= 15 is 0 Å². The molecule has 0 aliphatic carbocycles. The van der Waals surface area contributed by atoms with Crippen molar-refractivity contribution in [2.45, 2.75) is 19.4 Å². The first kappa shape index (κ1) is 22.9. The van der Waals surface area contributed by atoms with Crippen LogP contribution in [0.3, 0.4) is 0 Å². The fraction of sp³-hybridized carbons (Fsp3) is 0.280. The summed E-state index contributed by atoms with van der Waals surface area (Å²) in [6.45, 7) is 2.49. The third kappa shape index (κ3) is 5.06. The molecule has 0 fully saturated rings. The molecule has 0 saturated heterocycles. The minimum atomic E-state index is -0.615. The largest absolute Gasteiger partial charge is 0.491 e. The molecule has 33 heavy (non-hydrogen) atoms. The molecule has 1 aromatic heterocycles. The van der Waals surface area contributed by atoms with Gasteiger partial charge in [-0.3, -0.25) is 9.59 Å². The van der Waals surface area contributed by atoms with Gasteiger partial charge in [0, 0.05) is 24.0 Å². The Morgan fingerprint density at radius 1 is 1.15 bits per heavy atom. The molecule has 0 bridgehead atoms. The first-order valence-corrected chi connectivity index (χ1v) is 11.6. The van der Waals surface area contributed by atoms with Gasteiger partial charge in [0.15, 0.2) is 0 Å². The van der Waals surface area contributed by atoms with Crippen molar-refractivity contribution < 1.29 is 23.1 Å². The monoisotopic (exact) mass is 470 g/mol. The predicted octanol–water partition coefficient (Wildman–Crippen LogP) is 4.69. The number of thiophene rings is 1. The maximum Gasteiger partial charge on any atom is 0.257 e. The second-order valence-electron chi connectivity index (χ2n) is 7.72. The lowest BCUT2D eigenvalue weighted by molar-refractivity contribution is -0.135. The van der Waals surface area contributed by atoms with Gasteiger partial charge in [0.2, 0.25) is 5.91 Å². The Bertz CT molecular complexity index is 1150. The zero-order valence-corrected chi connectivity index (χ0v) is 19.0. The lowest BCUT2D eigenvalue weighted by Crippen LogP contribution is -2.47. The van der Waals surface area contributed by atoms with E-state index in [1.54, 1.807) is 41.4 Å². The van der Waals surface area contributed by atoms with Crippen molar-refractivity contribution in [3.8, 4) is 5.75 Å². The molecule has 2 heterocycles. The Morgan fingerprint density at radius 2 is 1.97 bits per heavy atom. The van der Waals surface area contributed by atoms with Gasteiger partial charge in [0.05, 0.1) is 11.6 Å². The molecule has 2 amide bonds. The minimum absolute atomic E-state index is 0.0584. The fourth-order valence-corrected chi connectivity index (χ4v) is 4.92. The number of halogens is 2. The van der Waals surface area contributed by atoms with Gasteiger partial charge in [-0.05, 0) is 54.6 Å². The summed E-state index contributed by atoms with van der Waals surface area (Å²) in [6.07, 6.45) is 0.711. The van der Waals surface area contributed by atoms with Crippen LogP contribution in [-0.4, -0.2) is 47.9 Å². The average Bonchev–Trinajstić information content (AvgIpc) is 3.30. The maximum absolute atomic E-state index is 14.1. The molecule has 2 aromatic carbocycles. The van der Waals surface area contributed by atoms with Crippen LogP contribution >= 0.6 is 11.3 Å². The van der Waals surface area contributed by atoms with Gasteiger partial charge >= 0.3 is 0 Å². The van der Waals surface area contributed by atoms with E-state index < -0.39 is 17.5 Å². The van der Waals surface area contributed by atoms with Crippen LogP contribution in [0.4, 0.5) is 8.78 Å². The van der Waals surface area contributed by atoms with Crippen molar-refractivity contribution in [1.29, 1.82) is 0 Å². The number of hydrogen-bond acceptors (Lipinski definition) is 4. The van der Waals surface area contributed by atoms with E-state index in [9.17, 15) is 18.4 Å². The number of ether oxygens (including phenoxy) is 1. The third-order valence-corrected chi connectivity index (χ3v) is 6.71. The molecule has 1 atom stereocenters. The summed E-state index contributed by atoms with van der Waals surface area (Å²) < 4.78 is 33.5. The van der Waals surface area contributed by atoms with E-state index in [1.165, 1.54) is 40.1 Å². The Morgan fingerprint density at radius 3 is 2.73 bits per heavy atom. The normalized spacial score (nSPS) is 15.1. The van der Waals surface area contributed by atoms with Gasteiger partial charge in [0.1, 0.15) is 30.5 Å². The van der Waals surface area contributed by atoms with Crippen LogP contribution in [0.25, 0.3) is 0 Å². The van der Waals surface area contributed by atoms with Gasteiger partial charge in [-0.1, -0.05) is 18.2 Å². The number of likely N-dealkylation sites (N-methyl/N-ethyl adjacent to an activating group) is 1. The molecule has 0 spiro atoms. The molecular weight excluding hydrogens is 446 g/mol. The number of carbonyl (C=O) groups is 2. The van der Waals surface area contributed by atoms with Gasteiger partial charge < -0.3 is 14.5 Å². The third-order valence-electron chi connectivity index (χ3n) is 5.72. The van der Waals surface area contributed by atoms with Crippen molar-refractivity contribution in [2.75, 3.05) is 26.2 Å². The number of hydrogen-bond donors (Lipinski definition) is 0. The van der Waals surface area contributed by atoms with E-state index in [2.05, 4.69) is 0 Å². The van der Waals surface area contributed by atoms with Crippen molar-refractivity contribution in [3.05, 3.63) is 87.6 Å². The van der Waals surface area contributed by atoms with Crippen LogP contribution in [0.2, 0.25) is 0 Å². The number of nitrogens with zero attached hydrogens (tertiary/aromatic N) is 2. The molecule has 8 heteroatoms. The Hall–Kier alpha value is -3.26. The summed E-state index contributed by atoms with van der Waals surface area (Å²) in [7, 11) is 0. The van der Waals surface area contributed by atoms with Crippen LogP contribution in [0.15, 0.2) is 60.0 Å². The zero-order valence-electron chi connectivity index (χ0n) is 18.2. The molecule has 0 N–H and O–H groups in total. The molecule has 0 saturated carbocycles. The number of amides is 2. The topological polar surface area (TPSA) is 49.9 Å². The van der Waals surface area contributed by atoms with E-state index in [0.29, 0.717) is 18.7 Å². The van der Waals surface area contributed by atoms with Crippen molar-refractivity contribution in [2.24, 2.45) is 0 Å². The molecule has 1 aliphatic rings. The molecule has 0 unspecified atom stereocenters. The Labute approximate surface area is 195 Å². The van der Waals surface area contributed by atoms with E-state index in [0.717, 1.165) is 5.56 Å². The van der Waals surface area contributed by atoms with Crippen molar-refractivity contribution >= 4 is 23.2 Å². The van der Waals surface area contributed by atoms with Crippen LogP contribution in [0.1, 0.15) is 33.8 Å². The summed E-state index contributed by atoms with van der Waals surface area (Å²) in [5, 5.41) is 1.98. The van der Waals surface area contributed by atoms with Crippen LogP contribution in [-0.2, 0) is 11.2 Å². The first-order chi connectivity index (χ1) is 16.0. The zero-order chi connectivity index (χ0) is 23.4. The predicted molar refractivity (Wildman–Crippen MR) is 122 cm³/mol. The molecule has 5 nitrogen and oxygen atoms in total. The van der Waals surface area contributed by atoms with Crippen molar-refractivity contribution in [1.82, 2.24) is 9.80 Å². The molecule has 4 rings (SSSR count). The van der Waals surface area contributed by atoms with Crippen LogP contribution in [0, 0.1) is 11.6 Å². The van der Waals surface area contributed by atoms with E-state index in [4.69, 9.17) is 4.74 Å². The van der Waals surface area contributed by atoms with E-state index in [-0.39, 0.29) is 37.2 Å². The second kappa shape index (κ2) is 10.1. The van der Waals surface area contributed by atoms with Gasteiger partial charge in [0.25, 0.3) is 5.91 Å². The van der Waals surface area contributed by atoms with Gasteiger partial charge in [-0.2, -0.15) is 0 Å². The number of rotatable bonds is 7. The Kier molecular flexibility index (Phi) is 7.03. The minimum Gasteiger partial charge on any atom is -0.491 e. The lowest BCUT2D eigenvalue weighted by Gasteiger charge is -2.37. The van der Waals surface area contributed by atoms with Crippen LogP contribution < -0.4 is 4.74 Å². The fourth-order valence-electron chi connectivity index (χ4n) is 3.99. The summed E-state index contributed by atoms with van der Waals surface area (Å²) in [6, 6.07) is 13.2. The number of carbonyl (C=O) groups excluding carboxylic acids is 2. The number of benzene rings is 2. The standard InChI is InChI=1S/C25H24F2N2O3S/c1-2-28(25(31)19-8-3-4-9-21(19)27)15-24(30)29-12-10-23-20(11-13-33-23)22(29)16-32-18-7-5-6-17(26)14-18/h3-9,11,13-14,22H,2,10,12,15-16H2,1H3/t22-/m0/s1. The van der Waals surface area contributed by atoms with Gasteiger partial charge in [-0.15, -0.1) is 11.3 Å². The highest BCUT2D eigenvalue weighted by Gasteiger charge is 2.33. The Balaban J connectivity index is 1.52. The first-order valence-electron chi connectivity index (χ1n) is 10.8. The molecule has 0 radical (unpaired) electrons. The number of fused-ring (bicyclic) bond motifs is 1. The molecule has 1 aliphatic heterocycles. The highest BCUT2D eigenvalue weighted by molar-refractivity contribution is 7.10. The molecule has 172 valence electrons. The van der Waals surface area contributed by atoms with Crippen molar-refractivity contribution in [3.63, 3.8) is 0 Å². The average molecular weight is 471 g/mol. The summed E-state index contributed by atoms with van der Waals surface area (Å²) in [4.78, 5) is 30.4. The SMILES string of the molecule is CCN(CC(=O)N1CCc2sccc2[C@@H]1COc1cccc(F)c1)C(=O)c1ccccc1F. The second-order valence-corrected chi connectivity index (χ2v) is 8.72. The maximum atomic E-state index is 14.1. The smallest absolute Gasteiger partial charge is 0.257 e. The van der Waals surface area contributed by atoms with Crippen LogP contribution in [0.5, 0.6) is 5.75 Å². The van der Waals surface area contributed by atoms with Gasteiger partial charge in [-0.25, -0.2) is 8.78 Å². The lowest BCUT2D eigenvalue weighted by atomic mass is 10.0. The quantitative estimate of drug-likeness (QED) is 0.503.